The van der Waals surface area contributed by atoms with Crippen molar-refractivity contribution in [1.82, 2.24) is 9.55 Å². The number of nitriles is 2. The number of fused-ring (bicyclic) bond motifs is 19. The molecular weight excluding hydrogens is 1790 g/mol. The summed E-state index contributed by atoms with van der Waals surface area (Å²) in [5.41, 5.74) is 15.7. The van der Waals surface area contributed by atoms with Gasteiger partial charge in [-0.15, -0.1) is 6.42 Å². The largest absolute Gasteiger partial charge is 0.481 e. The molecule has 142 heavy (non-hydrogen) atoms. The third-order valence-electron chi connectivity index (χ3n) is 25.8. The van der Waals surface area contributed by atoms with Crippen molar-refractivity contribution in [1.29, 1.82) is 10.5 Å². The number of hydrogen-bond donors (Lipinski definition) is 2. The van der Waals surface area contributed by atoms with Gasteiger partial charge in [0.25, 0.3) is 0 Å². The van der Waals surface area contributed by atoms with Crippen molar-refractivity contribution < 1.29 is 64.0 Å². The number of hydrogen-bond acceptors (Lipinski definition) is 20. The molecule has 692 valence electrons. The van der Waals surface area contributed by atoms with Crippen LogP contribution in [-0.4, -0.2) is 44.8 Å². The van der Waals surface area contributed by atoms with E-state index in [0.29, 0.717) is 122 Å². The zero-order chi connectivity index (χ0) is 98.4. The van der Waals surface area contributed by atoms with E-state index in [2.05, 4.69) is 23.0 Å². The molecule has 0 amide bonds. The summed E-state index contributed by atoms with van der Waals surface area (Å²) in [6.45, 7) is 9.67. The molecule has 0 radical (unpaired) electrons. The van der Waals surface area contributed by atoms with Crippen LogP contribution in [0.3, 0.4) is 0 Å². The maximum Gasteiger partial charge on any atom is 0.336 e. The first-order valence-corrected chi connectivity index (χ1v) is 45.6. The lowest BCUT2D eigenvalue weighted by Gasteiger charge is -2.11. The summed E-state index contributed by atoms with van der Waals surface area (Å²) in [6.07, 6.45) is 3.08. The summed E-state index contributed by atoms with van der Waals surface area (Å²) in [4.78, 5) is 103. The molecule has 1 saturated carbocycles. The minimum Gasteiger partial charge on any atom is -0.481 e. The number of ketones is 3. The van der Waals surface area contributed by atoms with E-state index < -0.39 is 46.8 Å². The number of halogens is 1. The fourth-order valence-corrected chi connectivity index (χ4v) is 19.2. The summed E-state index contributed by atoms with van der Waals surface area (Å²) in [5.74, 6) is 1.29. The number of alkyl halides is 1. The lowest BCUT2D eigenvalue weighted by Crippen LogP contribution is -2.18. The third-order valence-corrected chi connectivity index (χ3v) is 25.8. The van der Waals surface area contributed by atoms with Crippen LogP contribution in [0.1, 0.15) is 101 Å². The van der Waals surface area contributed by atoms with Crippen LogP contribution in [0.2, 0.25) is 0 Å². The predicted octanol–water partition coefficient (Wildman–Crippen LogP) is 25.6. The SMILES string of the molecule is C#CCOc1cccc(C(=O)c2oc3ccc4c(C)cc(=O)oc4c3c2-c2ccccc2)c1.Cc1cc(=O)oc2c1ccc1[nH]c3ccccc3c12.Cc1cc(=O)oc2c1ccc1c2c2ccccc2n1CC(=O)c1ccccc1.Cc1cc(=O)oc2c1ccc1oc(C(=O)C3C[C@@H](F)C[C@H]3C#N)c(-c3ccccc3)c12.Cc1cc(=O)oc2c1ccc1oc(C(O)c3ccccc3)c(-c3cccc(C#N)c3)c12. The average Bonchev–Trinajstić information content (AvgIpc) is 1.61. The molecule has 0 spiro atoms. The highest BCUT2D eigenvalue weighted by Crippen LogP contribution is 2.48. The van der Waals surface area contributed by atoms with Gasteiger partial charge in [0.15, 0.2) is 17.3 Å². The zero-order valence-electron chi connectivity index (χ0n) is 76.8. The standard InChI is InChI=1S/C28H18O5.C26H17NO4.C25H18FNO4.C24H17NO3.C16H11NO2/c1-3-14-31-20-11-7-10-19(16-20)26(30)28-24(18-8-5-4-6-9-18)25-22(32-28)13-12-21-17(2)15-23(29)33-27(21)25;1-15-12-21(28)31-25-19(15)10-11-20-23(25)22(18-9-5-6-16(13-18)14-27)26(30-20)24(29)17-7-3-2-4-8-17;1-13-9-20(28)31-24-17(13)7-8-19-22(24)21(14-5-3-2-4-6-14)25(30-19)23(29)18-11-16(26)10-15(18)12-27;1-15-13-22(27)28-24-17(15)11-12-20-23(24)18-9-5-6-10-19(18)25(20)14-21(26)16-7-3-2-4-8-16;1-9-8-14(18)19-16-10(9)6-7-13-15(16)11-4-2-3-5-12(11)17-13/h1,4-13,15-16H,14H2,2H3;2-13,24,29H,1H3;2-9,15-16,18H,10-11H2,1H3;2-13H,14H2,1H3;2-8,17H,1H3/t;;15-,16-,18?;;/m..0../s1. The number of furan rings is 3. The number of aliphatic hydroxyl groups is 1. The Kier molecular flexibility index (Phi) is 24.5. The lowest BCUT2D eigenvalue weighted by molar-refractivity contribution is 0.0876. The second-order valence-electron chi connectivity index (χ2n) is 34.8. The maximum atomic E-state index is 14.0. The van der Waals surface area contributed by atoms with Crippen LogP contribution >= 0.6 is 0 Å². The molecule has 10 heterocycles. The van der Waals surface area contributed by atoms with E-state index in [9.17, 15) is 58.4 Å². The Hall–Kier alpha value is -18.6. The van der Waals surface area contributed by atoms with Gasteiger partial charge in [-0.05, 0) is 195 Å². The number of nitrogens with zero attached hydrogens (tertiary/aromatic N) is 3. The summed E-state index contributed by atoms with van der Waals surface area (Å²) in [5, 5.41) is 39.8. The van der Waals surface area contributed by atoms with Gasteiger partial charge < -0.3 is 54.7 Å². The summed E-state index contributed by atoms with van der Waals surface area (Å²) < 4.78 is 67.6. The van der Waals surface area contributed by atoms with Crippen LogP contribution in [-0.2, 0) is 6.54 Å². The first-order valence-electron chi connectivity index (χ1n) is 45.6. The molecule has 0 bridgehead atoms. The van der Waals surface area contributed by atoms with E-state index in [0.717, 1.165) is 104 Å². The Morgan fingerprint density at radius 3 is 1.43 bits per heavy atom. The Labute approximate surface area is 805 Å². The topological polar surface area (TPSA) is 339 Å². The molecule has 22 nitrogen and oxygen atoms in total. The number of benzene rings is 13. The van der Waals surface area contributed by atoms with E-state index in [1.807, 2.05) is 258 Å². The van der Waals surface area contributed by atoms with Crippen molar-refractivity contribution in [2.24, 2.45) is 11.8 Å². The molecule has 2 unspecified atom stereocenters. The molecule has 0 aliphatic heterocycles. The number of nitrogens with one attached hydrogen (secondary N) is 1. The monoisotopic (exact) mass is 1870 g/mol. The predicted molar refractivity (Wildman–Crippen MR) is 545 cm³/mol. The Morgan fingerprint density at radius 2 is 0.880 bits per heavy atom. The first kappa shape index (κ1) is 91.1. The van der Waals surface area contributed by atoms with E-state index in [1.165, 1.54) is 30.3 Å². The van der Waals surface area contributed by atoms with Crippen LogP contribution in [0.25, 0.3) is 165 Å². The van der Waals surface area contributed by atoms with Gasteiger partial charge in [0.2, 0.25) is 11.6 Å². The molecule has 10 aromatic heterocycles. The molecule has 0 saturated heterocycles. The van der Waals surface area contributed by atoms with Crippen molar-refractivity contribution in [3.63, 3.8) is 0 Å². The van der Waals surface area contributed by atoms with Crippen LogP contribution in [0.4, 0.5) is 4.39 Å². The molecule has 1 aliphatic carbocycles. The number of Topliss-reactive ketones (excluding diaryl/α,β-unsaturated/α-hetero) is 2. The molecule has 24 rings (SSSR count). The van der Waals surface area contributed by atoms with Gasteiger partial charge >= 0.3 is 28.1 Å². The van der Waals surface area contributed by atoms with Crippen molar-refractivity contribution in [2.45, 2.75) is 66.3 Å². The first-order chi connectivity index (χ1) is 69.0. The number of aromatic amines is 1. The van der Waals surface area contributed by atoms with Crippen molar-refractivity contribution in [3.8, 4) is 63.6 Å². The number of carbonyl (C=O) groups is 3. The fourth-order valence-electron chi connectivity index (χ4n) is 19.2. The number of rotatable bonds is 14. The number of carbonyl (C=O) groups excluding carboxylic acids is 3. The van der Waals surface area contributed by atoms with E-state index in [4.69, 9.17) is 46.5 Å². The number of aryl methyl sites for hydroxylation is 5. The van der Waals surface area contributed by atoms with Crippen LogP contribution in [0.5, 0.6) is 5.75 Å². The highest BCUT2D eigenvalue weighted by Gasteiger charge is 2.42. The zero-order valence-corrected chi connectivity index (χ0v) is 76.8. The Morgan fingerprint density at radius 1 is 0.430 bits per heavy atom. The van der Waals surface area contributed by atoms with Crippen molar-refractivity contribution in [2.75, 3.05) is 6.61 Å². The van der Waals surface area contributed by atoms with E-state index in [-0.39, 0.29) is 60.3 Å². The molecule has 2 N–H and O–H groups in total. The van der Waals surface area contributed by atoms with E-state index in [1.54, 1.807) is 60.7 Å². The molecule has 1 aliphatic rings. The fraction of sp³-hybridized carbons (Fsp3) is 0.109. The smallest absolute Gasteiger partial charge is 0.336 e. The number of H-pyrrole nitrogens is 1. The molecular formula is C119H81FN4O18. The second kappa shape index (κ2) is 38.2. The number of terminal acetylenes is 1. The molecule has 1 fully saturated rings. The van der Waals surface area contributed by atoms with Crippen LogP contribution < -0.4 is 32.9 Å². The summed E-state index contributed by atoms with van der Waals surface area (Å²) in [7, 11) is 0. The normalized spacial score (nSPS) is 13.6. The highest BCUT2D eigenvalue weighted by atomic mass is 19.1. The van der Waals surface area contributed by atoms with Gasteiger partial charge in [-0.25, -0.2) is 28.4 Å². The Bertz CT molecular complexity index is 9520. The maximum absolute atomic E-state index is 14.0. The molecule has 13 aromatic carbocycles. The van der Waals surface area contributed by atoms with Gasteiger partial charge in [0.05, 0.1) is 68.1 Å². The number of aromatic nitrogens is 2. The number of para-hydroxylation sites is 2. The molecule has 4 atom stereocenters. The quantitative estimate of drug-likeness (QED) is 0.0580. The minimum absolute atomic E-state index is 0.00270. The molecule has 23 aromatic rings. The van der Waals surface area contributed by atoms with Gasteiger partial charge in [-0.2, -0.15) is 10.5 Å². The summed E-state index contributed by atoms with van der Waals surface area (Å²) >= 11 is 0. The van der Waals surface area contributed by atoms with Gasteiger partial charge in [0, 0.05) is 113 Å². The van der Waals surface area contributed by atoms with Gasteiger partial charge in [-0.3, -0.25) is 14.4 Å². The minimum atomic E-state index is -1.19. The third kappa shape index (κ3) is 17.1. The van der Waals surface area contributed by atoms with Gasteiger partial charge in [0.1, 0.15) is 75.1 Å². The van der Waals surface area contributed by atoms with Crippen molar-refractivity contribution in [3.05, 3.63) is 429 Å². The second-order valence-corrected chi connectivity index (χ2v) is 34.8. The number of ether oxygens (including phenoxy) is 1. The average molecular weight is 1870 g/mol. The van der Waals surface area contributed by atoms with Crippen LogP contribution in [0.15, 0.2) is 369 Å². The summed E-state index contributed by atoms with van der Waals surface area (Å²) in [6, 6.07) is 97.2. The van der Waals surface area contributed by atoms with E-state index >= 15 is 0 Å². The van der Waals surface area contributed by atoms with Crippen molar-refractivity contribution >= 4 is 149 Å². The highest BCUT2D eigenvalue weighted by molar-refractivity contribution is 6.23. The Balaban J connectivity index is 0.000000110. The van der Waals surface area contributed by atoms with Gasteiger partial charge in [-0.1, -0.05) is 188 Å². The lowest BCUT2D eigenvalue weighted by atomic mass is 9.89. The van der Waals surface area contributed by atoms with Crippen LogP contribution in [0, 0.1) is 81.5 Å². The number of aliphatic hydroxyl groups excluding tert-OH is 1. The molecule has 23 heteroatoms.